The van der Waals surface area contributed by atoms with Crippen LogP contribution in [0.2, 0.25) is 0 Å². The summed E-state index contributed by atoms with van der Waals surface area (Å²) in [6, 6.07) is 7.69. The van der Waals surface area contributed by atoms with Crippen LogP contribution in [-0.4, -0.2) is 9.78 Å². The Hall–Kier alpha value is -2.18. The Bertz CT molecular complexity index is 718. The van der Waals surface area contributed by atoms with Crippen LogP contribution >= 0.6 is 0 Å². The predicted octanol–water partition coefficient (Wildman–Crippen LogP) is 1.86. The van der Waals surface area contributed by atoms with Crippen molar-refractivity contribution in [1.82, 2.24) is 15.2 Å². The SMILES string of the molecule is Cn1nccc1C(NN)c1cc2cc(F)ccc2o1. The summed E-state index contributed by atoms with van der Waals surface area (Å²) in [6.07, 6.45) is 1.68. The van der Waals surface area contributed by atoms with Crippen LogP contribution in [0.25, 0.3) is 11.0 Å². The molecule has 0 fully saturated rings. The number of furan rings is 1. The summed E-state index contributed by atoms with van der Waals surface area (Å²) >= 11 is 0. The van der Waals surface area contributed by atoms with E-state index in [1.165, 1.54) is 12.1 Å². The van der Waals surface area contributed by atoms with E-state index < -0.39 is 0 Å². The first-order chi connectivity index (χ1) is 9.19. The average Bonchev–Trinajstić information content (AvgIpc) is 2.97. The third-order valence-electron chi connectivity index (χ3n) is 3.10. The zero-order valence-electron chi connectivity index (χ0n) is 10.3. The number of fused-ring (bicyclic) bond motifs is 1. The van der Waals surface area contributed by atoms with E-state index in [1.807, 2.05) is 13.1 Å². The molecule has 0 aliphatic carbocycles. The summed E-state index contributed by atoms with van der Waals surface area (Å²) in [5.74, 6) is 5.91. The molecule has 98 valence electrons. The van der Waals surface area contributed by atoms with Crippen LogP contribution in [0, 0.1) is 5.82 Å². The van der Waals surface area contributed by atoms with Crippen molar-refractivity contribution in [3.8, 4) is 0 Å². The zero-order chi connectivity index (χ0) is 13.4. The molecule has 0 aliphatic heterocycles. The highest BCUT2D eigenvalue weighted by atomic mass is 19.1. The zero-order valence-corrected chi connectivity index (χ0v) is 10.3. The van der Waals surface area contributed by atoms with Crippen molar-refractivity contribution in [3.05, 3.63) is 53.8 Å². The second-order valence-corrected chi connectivity index (χ2v) is 4.31. The molecule has 3 aromatic rings. The lowest BCUT2D eigenvalue weighted by molar-refractivity contribution is 0.458. The molecule has 5 nitrogen and oxygen atoms in total. The topological polar surface area (TPSA) is 69.0 Å². The number of rotatable bonds is 3. The second-order valence-electron chi connectivity index (χ2n) is 4.31. The number of nitrogens with one attached hydrogen (secondary N) is 1. The van der Waals surface area contributed by atoms with Crippen molar-refractivity contribution in [3.63, 3.8) is 0 Å². The molecular formula is C13H13FN4O. The van der Waals surface area contributed by atoms with Gasteiger partial charge in [-0.25, -0.2) is 9.82 Å². The Morgan fingerprint density at radius 2 is 2.21 bits per heavy atom. The maximum Gasteiger partial charge on any atom is 0.134 e. The van der Waals surface area contributed by atoms with Gasteiger partial charge in [0.1, 0.15) is 23.2 Å². The molecule has 0 bridgehead atoms. The first-order valence-corrected chi connectivity index (χ1v) is 5.82. The molecule has 3 N–H and O–H groups in total. The molecule has 0 radical (unpaired) electrons. The Labute approximate surface area is 108 Å². The maximum absolute atomic E-state index is 13.2. The van der Waals surface area contributed by atoms with Gasteiger partial charge in [0.05, 0.1) is 5.69 Å². The molecule has 0 saturated carbocycles. The van der Waals surface area contributed by atoms with Gasteiger partial charge in [-0.2, -0.15) is 5.10 Å². The van der Waals surface area contributed by atoms with E-state index in [0.717, 1.165) is 5.69 Å². The normalized spacial score (nSPS) is 13.0. The fraction of sp³-hybridized carbons (Fsp3) is 0.154. The predicted molar refractivity (Wildman–Crippen MR) is 68.5 cm³/mol. The Morgan fingerprint density at radius 1 is 1.37 bits per heavy atom. The fourth-order valence-electron chi connectivity index (χ4n) is 2.16. The monoisotopic (exact) mass is 260 g/mol. The van der Waals surface area contributed by atoms with Gasteiger partial charge in [0.15, 0.2) is 0 Å². The minimum atomic E-state index is -0.331. The van der Waals surface area contributed by atoms with Gasteiger partial charge < -0.3 is 4.42 Å². The Kier molecular flexibility index (Phi) is 2.81. The van der Waals surface area contributed by atoms with Crippen molar-refractivity contribution >= 4 is 11.0 Å². The van der Waals surface area contributed by atoms with Gasteiger partial charge in [0.2, 0.25) is 0 Å². The number of hydrogen-bond acceptors (Lipinski definition) is 4. The molecule has 2 heterocycles. The minimum Gasteiger partial charge on any atom is -0.459 e. The highest BCUT2D eigenvalue weighted by molar-refractivity contribution is 5.78. The van der Waals surface area contributed by atoms with Gasteiger partial charge in [-0.3, -0.25) is 10.5 Å². The van der Waals surface area contributed by atoms with Crippen LogP contribution in [0.5, 0.6) is 0 Å². The summed E-state index contributed by atoms with van der Waals surface area (Å²) in [5, 5.41) is 4.80. The molecule has 1 aromatic carbocycles. The van der Waals surface area contributed by atoms with Crippen LogP contribution < -0.4 is 11.3 Å². The highest BCUT2D eigenvalue weighted by Crippen LogP contribution is 2.27. The third-order valence-corrected chi connectivity index (χ3v) is 3.10. The molecular weight excluding hydrogens is 247 g/mol. The lowest BCUT2D eigenvalue weighted by atomic mass is 10.1. The van der Waals surface area contributed by atoms with Crippen LogP contribution in [0.3, 0.4) is 0 Å². The number of aryl methyl sites for hydroxylation is 1. The quantitative estimate of drug-likeness (QED) is 0.557. The molecule has 3 rings (SSSR count). The Balaban J connectivity index is 2.09. The van der Waals surface area contributed by atoms with Crippen molar-refractivity contribution in [1.29, 1.82) is 0 Å². The van der Waals surface area contributed by atoms with E-state index in [1.54, 1.807) is 23.0 Å². The fourth-order valence-corrected chi connectivity index (χ4v) is 2.16. The van der Waals surface area contributed by atoms with Crippen molar-refractivity contribution < 1.29 is 8.81 Å². The summed E-state index contributed by atoms with van der Waals surface area (Å²) < 4.78 is 20.6. The molecule has 0 spiro atoms. The van der Waals surface area contributed by atoms with Gasteiger partial charge in [0, 0.05) is 18.6 Å². The van der Waals surface area contributed by atoms with Crippen molar-refractivity contribution in [2.24, 2.45) is 12.9 Å². The second kappa shape index (κ2) is 4.49. The van der Waals surface area contributed by atoms with Gasteiger partial charge in [0.25, 0.3) is 0 Å². The molecule has 0 saturated heterocycles. The third kappa shape index (κ3) is 2.00. The van der Waals surface area contributed by atoms with Gasteiger partial charge >= 0.3 is 0 Å². The van der Waals surface area contributed by atoms with Crippen molar-refractivity contribution in [2.75, 3.05) is 0 Å². The molecule has 1 atom stereocenters. The maximum atomic E-state index is 13.2. The molecule has 0 amide bonds. The summed E-state index contributed by atoms with van der Waals surface area (Å²) in [5.41, 5.74) is 4.18. The number of hydrogen-bond donors (Lipinski definition) is 2. The Morgan fingerprint density at radius 3 is 2.89 bits per heavy atom. The van der Waals surface area contributed by atoms with E-state index in [9.17, 15) is 4.39 Å². The first kappa shape index (κ1) is 11.9. The average molecular weight is 260 g/mol. The summed E-state index contributed by atoms with van der Waals surface area (Å²) in [7, 11) is 1.82. The van der Waals surface area contributed by atoms with Crippen LogP contribution in [0.15, 0.2) is 40.9 Å². The van der Waals surface area contributed by atoms with E-state index in [2.05, 4.69) is 10.5 Å². The van der Waals surface area contributed by atoms with Crippen LogP contribution in [0.4, 0.5) is 4.39 Å². The summed E-state index contributed by atoms with van der Waals surface area (Å²) in [6.45, 7) is 0. The highest BCUT2D eigenvalue weighted by Gasteiger charge is 2.20. The van der Waals surface area contributed by atoms with Gasteiger partial charge in [-0.15, -0.1) is 0 Å². The smallest absolute Gasteiger partial charge is 0.134 e. The van der Waals surface area contributed by atoms with Gasteiger partial charge in [-0.1, -0.05) is 0 Å². The lowest BCUT2D eigenvalue weighted by Gasteiger charge is -2.13. The molecule has 0 aliphatic rings. The number of nitrogens with zero attached hydrogens (tertiary/aromatic N) is 2. The van der Waals surface area contributed by atoms with E-state index in [-0.39, 0.29) is 11.9 Å². The standard InChI is InChI=1S/C13H13FN4O/c1-18-10(4-5-16-18)13(17-15)12-7-8-6-9(14)2-3-11(8)19-12/h2-7,13,17H,15H2,1H3. The number of benzene rings is 1. The van der Waals surface area contributed by atoms with E-state index in [4.69, 9.17) is 10.3 Å². The number of hydrazine groups is 1. The number of halogens is 1. The number of nitrogens with two attached hydrogens (primary N) is 1. The lowest BCUT2D eigenvalue weighted by Crippen LogP contribution is -2.30. The van der Waals surface area contributed by atoms with Gasteiger partial charge in [-0.05, 0) is 30.3 Å². The molecule has 19 heavy (non-hydrogen) atoms. The molecule has 1 unspecified atom stereocenters. The van der Waals surface area contributed by atoms with E-state index >= 15 is 0 Å². The summed E-state index contributed by atoms with van der Waals surface area (Å²) in [4.78, 5) is 0. The first-order valence-electron chi connectivity index (χ1n) is 5.82. The van der Waals surface area contributed by atoms with E-state index in [0.29, 0.717) is 16.7 Å². The number of aromatic nitrogens is 2. The van der Waals surface area contributed by atoms with Crippen LogP contribution in [0.1, 0.15) is 17.5 Å². The van der Waals surface area contributed by atoms with Crippen molar-refractivity contribution in [2.45, 2.75) is 6.04 Å². The largest absolute Gasteiger partial charge is 0.459 e. The minimum absolute atomic E-state index is 0.294. The molecule has 6 heteroatoms. The molecule has 2 aromatic heterocycles. The van der Waals surface area contributed by atoms with Crippen LogP contribution in [-0.2, 0) is 7.05 Å².